The van der Waals surface area contributed by atoms with Gasteiger partial charge in [-0.15, -0.1) is 4.40 Å². The number of imidazole rings is 1. The summed E-state index contributed by atoms with van der Waals surface area (Å²) in [5, 5.41) is 10.5. The Morgan fingerprint density at radius 3 is 2.80 bits per heavy atom. The van der Waals surface area contributed by atoms with E-state index in [0.29, 0.717) is 0 Å². The number of H-pyrrole nitrogens is 1. The minimum absolute atomic E-state index is 0.0495. The minimum atomic E-state index is -3.93. The van der Waals surface area contributed by atoms with Gasteiger partial charge in [0, 0.05) is 0 Å². The van der Waals surface area contributed by atoms with Crippen LogP contribution in [0.25, 0.3) is 11.6 Å². The number of nitro groups is 1. The van der Waals surface area contributed by atoms with E-state index in [2.05, 4.69) is 19.1 Å². The Hall–Kier alpha value is -2.89. The van der Waals surface area contributed by atoms with Gasteiger partial charge in [-0.2, -0.15) is 8.42 Å². The second-order valence-electron chi connectivity index (χ2n) is 3.76. The predicted molar refractivity (Wildman–Crippen MR) is 66.2 cm³/mol. The van der Waals surface area contributed by atoms with E-state index in [1.807, 2.05) is 0 Å². The van der Waals surface area contributed by atoms with Crippen molar-refractivity contribution in [2.45, 2.75) is 0 Å². The fourth-order valence-electron chi connectivity index (χ4n) is 1.62. The van der Waals surface area contributed by atoms with Crippen LogP contribution in [0.2, 0.25) is 0 Å². The van der Waals surface area contributed by atoms with E-state index in [1.165, 1.54) is 6.07 Å². The normalized spacial score (nSPS) is 16.1. The van der Waals surface area contributed by atoms with Gasteiger partial charge >= 0.3 is 16.1 Å². The SMILES string of the molecule is NC1=NS(=O)(=O)Nc2nc(-c3ccc([N+](=O)[O-])o3)[nH]c21. The van der Waals surface area contributed by atoms with Crippen LogP contribution in [0.4, 0.5) is 11.7 Å². The van der Waals surface area contributed by atoms with Crippen molar-refractivity contribution < 1.29 is 17.8 Å². The van der Waals surface area contributed by atoms with Gasteiger partial charge in [-0.25, -0.2) is 9.71 Å². The molecule has 0 unspecified atom stereocenters. The summed E-state index contributed by atoms with van der Waals surface area (Å²) in [6, 6.07) is 2.47. The molecule has 12 heteroatoms. The van der Waals surface area contributed by atoms with E-state index in [9.17, 15) is 18.5 Å². The van der Waals surface area contributed by atoms with Gasteiger partial charge in [0.05, 0.1) is 6.07 Å². The molecule has 1 aliphatic rings. The maximum absolute atomic E-state index is 11.3. The quantitative estimate of drug-likeness (QED) is 0.515. The van der Waals surface area contributed by atoms with Crippen molar-refractivity contribution in [1.29, 1.82) is 0 Å². The predicted octanol–water partition coefficient (Wildman–Crippen LogP) is -0.0465. The van der Waals surface area contributed by atoms with Crippen molar-refractivity contribution in [3.05, 3.63) is 27.9 Å². The molecule has 0 spiro atoms. The second-order valence-corrected chi connectivity index (χ2v) is 5.09. The molecule has 3 rings (SSSR count). The highest BCUT2D eigenvalue weighted by Crippen LogP contribution is 2.28. The first-order valence-electron chi connectivity index (χ1n) is 5.09. The smallest absolute Gasteiger partial charge is 0.397 e. The number of nitrogens with zero attached hydrogens (tertiary/aromatic N) is 3. The van der Waals surface area contributed by atoms with Gasteiger partial charge in [-0.3, -0.25) is 10.1 Å². The standard InChI is InChI=1S/C8H6N6O5S/c9-6-5-8(13-20(17,18)12-6)11-7(10-5)3-1-2-4(19-3)14(15)16/h1-2,13H,(H2,9,12)(H,10,11). The summed E-state index contributed by atoms with van der Waals surface area (Å²) < 4.78 is 32.9. The number of nitrogens with one attached hydrogen (secondary N) is 2. The van der Waals surface area contributed by atoms with Gasteiger partial charge in [0.15, 0.2) is 23.2 Å². The lowest BCUT2D eigenvalue weighted by molar-refractivity contribution is -0.401. The number of rotatable bonds is 2. The Morgan fingerprint density at radius 1 is 1.40 bits per heavy atom. The molecule has 0 saturated carbocycles. The van der Waals surface area contributed by atoms with E-state index in [4.69, 9.17) is 10.2 Å². The van der Waals surface area contributed by atoms with Gasteiger partial charge in [-0.05, 0) is 6.07 Å². The highest BCUT2D eigenvalue weighted by Gasteiger charge is 2.26. The molecule has 4 N–H and O–H groups in total. The lowest BCUT2D eigenvalue weighted by Gasteiger charge is -2.08. The Morgan fingerprint density at radius 2 is 2.15 bits per heavy atom. The maximum atomic E-state index is 11.3. The zero-order chi connectivity index (χ0) is 14.5. The number of aromatic amines is 1. The highest BCUT2D eigenvalue weighted by atomic mass is 32.2. The van der Waals surface area contributed by atoms with Crippen molar-refractivity contribution in [2.24, 2.45) is 10.1 Å². The number of furan rings is 1. The first-order valence-corrected chi connectivity index (χ1v) is 6.53. The van der Waals surface area contributed by atoms with Crippen molar-refractivity contribution in [3.8, 4) is 11.6 Å². The molecule has 1 aliphatic heterocycles. The van der Waals surface area contributed by atoms with Crippen LogP contribution >= 0.6 is 0 Å². The number of aromatic nitrogens is 2. The molecule has 0 bridgehead atoms. The lowest BCUT2D eigenvalue weighted by Crippen LogP contribution is -2.26. The monoisotopic (exact) mass is 298 g/mol. The van der Waals surface area contributed by atoms with Crippen LogP contribution in [-0.2, 0) is 10.2 Å². The topological polar surface area (TPSA) is 170 Å². The fraction of sp³-hybridized carbons (Fsp3) is 0. The Kier molecular flexibility index (Phi) is 2.31. The Bertz CT molecular complexity index is 847. The zero-order valence-corrected chi connectivity index (χ0v) is 10.3. The van der Waals surface area contributed by atoms with Gasteiger partial charge in [-0.1, -0.05) is 0 Å². The molecule has 0 atom stereocenters. The average molecular weight is 298 g/mol. The summed E-state index contributed by atoms with van der Waals surface area (Å²) in [4.78, 5) is 16.4. The average Bonchev–Trinajstić information content (AvgIpc) is 2.91. The molecule has 0 aromatic carbocycles. The van der Waals surface area contributed by atoms with Crippen molar-refractivity contribution in [2.75, 3.05) is 4.72 Å². The molecule has 0 saturated heterocycles. The summed E-state index contributed by atoms with van der Waals surface area (Å²) in [6.45, 7) is 0. The Balaban J connectivity index is 2.07. The van der Waals surface area contributed by atoms with E-state index in [0.717, 1.165) is 6.07 Å². The molecule has 0 aliphatic carbocycles. The third kappa shape index (κ3) is 1.87. The molecule has 0 radical (unpaired) electrons. The van der Waals surface area contributed by atoms with E-state index in [-0.39, 0.29) is 28.9 Å². The van der Waals surface area contributed by atoms with E-state index < -0.39 is 21.0 Å². The fourth-order valence-corrected chi connectivity index (χ4v) is 2.41. The number of hydrogen-bond acceptors (Lipinski definition) is 7. The molecule has 20 heavy (non-hydrogen) atoms. The van der Waals surface area contributed by atoms with Gasteiger partial charge < -0.3 is 15.1 Å². The zero-order valence-electron chi connectivity index (χ0n) is 9.52. The molecule has 0 fully saturated rings. The Labute approximate surface area is 110 Å². The summed E-state index contributed by atoms with van der Waals surface area (Å²) in [5.41, 5.74) is 5.65. The first-order chi connectivity index (χ1) is 9.35. The summed E-state index contributed by atoms with van der Waals surface area (Å²) in [6.07, 6.45) is 0. The van der Waals surface area contributed by atoms with Gasteiger partial charge in [0.25, 0.3) is 0 Å². The summed E-state index contributed by atoms with van der Waals surface area (Å²) in [7, 11) is -3.93. The second kappa shape index (κ2) is 3.80. The van der Waals surface area contributed by atoms with Crippen LogP contribution in [0, 0.1) is 10.1 Å². The van der Waals surface area contributed by atoms with Crippen LogP contribution in [0.15, 0.2) is 20.9 Å². The largest absolute Gasteiger partial charge is 0.433 e. The molecular weight excluding hydrogens is 292 g/mol. The number of anilines is 1. The lowest BCUT2D eigenvalue weighted by atomic mass is 10.4. The molecule has 104 valence electrons. The third-order valence-electron chi connectivity index (χ3n) is 2.41. The third-order valence-corrected chi connectivity index (χ3v) is 3.30. The maximum Gasteiger partial charge on any atom is 0.433 e. The number of fused-ring (bicyclic) bond motifs is 1. The molecular formula is C8H6N6O5S. The van der Waals surface area contributed by atoms with Crippen molar-refractivity contribution in [3.63, 3.8) is 0 Å². The van der Waals surface area contributed by atoms with Crippen LogP contribution in [0.1, 0.15) is 5.69 Å². The van der Waals surface area contributed by atoms with Gasteiger partial charge in [0.2, 0.25) is 0 Å². The number of nitrogens with two attached hydrogens (primary N) is 1. The molecule has 0 amide bonds. The van der Waals surface area contributed by atoms with Crippen LogP contribution < -0.4 is 10.5 Å². The van der Waals surface area contributed by atoms with E-state index in [1.54, 1.807) is 0 Å². The van der Waals surface area contributed by atoms with Crippen LogP contribution in [0.5, 0.6) is 0 Å². The van der Waals surface area contributed by atoms with Crippen LogP contribution in [0.3, 0.4) is 0 Å². The van der Waals surface area contributed by atoms with Crippen LogP contribution in [-0.4, -0.2) is 29.1 Å². The minimum Gasteiger partial charge on any atom is -0.397 e. The highest BCUT2D eigenvalue weighted by molar-refractivity contribution is 7.91. The van der Waals surface area contributed by atoms with Crippen molar-refractivity contribution in [1.82, 2.24) is 9.97 Å². The first kappa shape index (κ1) is 12.2. The van der Waals surface area contributed by atoms with Crippen molar-refractivity contribution >= 4 is 27.7 Å². The molecule has 2 aromatic rings. The number of hydrogen-bond donors (Lipinski definition) is 3. The summed E-state index contributed by atoms with van der Waals surface area (Å²) >= 11 is 0. The summed E-state index contributed by atoms with van der Waals surface area (Å²) in [5.74, 6) is -0.620. The van der Waals surface area contributed by atoms with E-state index >= 15 is 0 Å². The molecule has 3 heterocycles. The molecule has 11 nitrogen and oxygen atoms in total. The number of amidine groups is 1. The van der Waals surface area contributed by atoms with Gasteiger partial charge in [0.1, 0.15) is 10.6 Å². The molecule has 2 aromatic heterocycles.